The van der Waals surface area contributed by atoms with Crippen molar-refractivity contribution in [1.29, 1.82) is 5.26 Å². The van der Waals surface area contributed by atoms with Gasteiger partial charge in [-0.3, -0.25) is 0 Å². The van der Waals surface area contributed by atoms with Crippen molar-refractivity contribution in [3.05, 3.63) is 93.3 Å². The van der Waals surface area contributed by atoms with Crippen molar-refractivity contribution in [3.63, 3.8) is 0 Å². The number of hydrogen-bond acceptors (Lipinski definition) is 7. The molecule has 0 saturated carbocycles. The van der Waals surface area contributed by atoms with E-state index in [1.165, 1.54) is 0 Å². The van der Waals surface area contributed by atoms with Gasteiger partial charge in [0.05, 0.1) is 13.0 Å². The van der Waals surface area contributed by atoms with Crippen molar-refractivity contribution in [2.75, 3.05) is 13.7 Å². The van der Waals surface area contributed by atoms with Crippen LogP contribution in [0.2, 0.25) is 0 Å². The van der Waals surface area contributed by atoms with Crippen LogP contribution in [0.25, 0.3) is 0 Å². The molecule has 2 N–H and O–H groups in total. The number of hydrogen-bond donors (Lipinski definition) is 1. The fraction of sp³-hybridized carbons (Fsp3) is 0.154. The Balaban J connectivity index is 1.60. The number of rotatable bonds is 6. The first-order valence-corrected chi connectivity index (χ1v) is 11.1. The van der Waals surface area contributed by atoms with Gasteiger partial charge in [-0.05, 0) is 48.9 Å². The molecule has 0 radical (unpaired) electrons. The standard InChI is InChI=1S/C26H21BrN2O5/c1-15-4-3-5-17(10-15)32-14-24(30)33-18-7-8-19-23(12-18)34-26(29)21(13-28)25(19)20-11-16(27)6-9-22(20)31-2/h3-12,25H,14,29H2,1-2H3. The molecule has 1 heterocycles. The molecule has 0 aromatic heterocycles. The molecule has 1 atom stereocenters. The lowest BCUT2D eigenvalue weighted by atomic mass is 9.83. The number of fused-ring (bicyclic) bond motifs is 1. The molecule has 4 rings (SSSR count). The Morgan fingerprint density at radius 1 is 1.12 bits per heavy atom. The van der Waals surface area contributed by atoms with Crippen LogP contribution in [0.4, 0.5) is 0 Å². The molecular weight excluding hydrogens is 500 g/mol. The zero-order valence-electron chi connectivity index (χ0n) is 18.5. The topological polar surface area (TPSA) is 104 Å². The predicted octanol–water partition coefficient (Wildman–Crippen LogP) is 4.97. The van der Waals surface area contributed by atoms with Crippen LogP contribution in [-0.4, -0.2) is 19.7 Å². The highest BCUT2D eigenvalue weighted by atomic mass is 79.9. The molecule has 34 heavy (non-hydrogen) atoms. The van der Waals surface area contributed by atoms with E-state index in [1.807, 2.05) is 43.3 Å². The van der Waals surface area contributed by atoms with Gasteiger partial charge in [0, 0.05) is 21.7 Å². The number of benzene rings is 3. The van der Waals surface area contributed by atoms with Gasteiger partial charge in [-0.15, -0.1) is 0 Å². The first kappa shape index (κ1) is 23.2. The number of methoxy groups -OCH3 is 1. The van der Waals surface area contributed by atoms with Gasteiger partial charge in [0.15, 0.2) is 6.61 Å². The largest absolute Gasteiger partial charge is 0.496 e. The Hall–Kier alpha value is -3.96. The van der Waals surface area contributed by atoms with Crippen molar-refractivity contribution in [3.8, 4) is 29.1 Å². The molecule has 0 aliphatic carbocycles. The van der Waals surface area contributed by atoms with Crippen molar-refractivity contribution in [1.82, 2.24) is 0 Å². The highest BCUT2D eigenvalue weighted by Crippen LogP contribution is 2.46. The fourth-order valence-corrected chi connectivity index (χ4v) is 4.14. The summed E-state index contributed by atoms with van der Waals surface area (Å²) in [7, 11) is 1.56. The maximum absolute atomic E-state index is 12.3. The minimum absolute atomic E-state index is 0.0201. The van der Waals surface area contributed by atoms with Crippen LogP contribution in [-0.2, 0) is 4.79 Å². The molecule has 1 aliphatic rings. The van der Waals surface area contributed by atoms with Gasteiger partial charge in [0.1, 0.15) is 34.6 Å². The van der Waals surface area contributed by atoms with Gasteiger partial charge in [0.2, 0.25) is 5.88 Å². The van der Waals surface area contributed by atoms with Gasteiger partial charge < -0.3 is 24.7 Å². The molecule has 0 fully saturated rings. The van der Waals surface area contributed by atoms with E-state index in [4.69, 9.17) is 24.7 Å². The van der Waals surface area contributed by atoms with Crippen LogP contribution < -0.4 is 24.7 Å². The smallest absolute Gasteiger partial charge is 0.349 e. The molecule has 7 nitrogen and oxygen atoms in total. The molecule has 0 amide bonds. The summed E-state index contributed by atoms with van der Waals surface area (Å²) in [6.07, 6.45) is 0. The number of halogens is 1. The Morgan fingerprint density at radius 3 is 2.68 bits per heavy atom. The van der Waals surface area contributed by atoms with Crippen LogP contribution in [0.5, 0.6) is 23.0 Å². The molecule has 1 unspecified atom stereocenters. The number of allylic oxidation sites excluding steroid dienone is 1. The summed E-state index contributed by atoms with van der Waals surface area (Å²) in [6, 6.07) is 20.0. The van der Waals surface area contributed by atoms with Gasteiger partial charge in [0.25, 0.3) is 0 Å². The highest BCUT2D eigenvalue weighted by Gasteiger charge is 2.33. The second kappa shape index (κ2) is 9.89. The molecule has 0 bridgehead atoms. The van der Waals surface area contributed by atoms with E-state index < -0.39 is 11.9 Å². The summed E-state index contributed by atoms with van der Waals surface area (Å²) in [6.45, 7) is 1.69. The summed E-state index contributed by atoms with van der Waals surface area (Å²) in [5.41, 5.74) is 8.82. The number of nitrogens with two attached hydrogens (primary N) is 1. The van der Waals surface area contributed by atoms with Crippen LogP contribution in [0.1, 0.15) is 22.6 Å². The van der Waals surface area contributed by atoms with E-state index in [0.29, 0.717) is 22.8 Å². The lowest BCUT2D eigenvalue weighted by molar-refractivity contribution is -0.136. The average molecular weight is 521 g/mol. The lowest BCUT2D eigenvalue weighted by Gasteiger charge is -2.27. The number of carbonyl (C=O) groups excluding carboxylic acids is 1. The molecule has 0 spiro atoms. The second-order valence-electron chi connectivity index (χ2n) is 7.59. The number of carbonyl (C=O) groups is 1. The third-order valence-corrected chi connectivity index (χ3v) is 5.76. The van der Waals surface area contributed by atoms with Gasteiger partial charge in [-0.2, -0.15) is 5.26 Å². The summed E-state index contributed by atoms with van der Waals surface area (Å²) >= 11 is 3.48. The van der Waals surface area contributed by atoms with Crippen molar-refractivity contribution in [2.45, 2.75) is 12.8 Å². The van der Waals surface area contributed by atoms with E-state index in [1.54, 1.807) is 31.4 Å². The normalized spacial score (nSPS) is 14.5. The quantitative estimate of drug-likeness (QED) is 0.361. The summed E-state index contributed by atoms with van der Waals surface area (Å²) < 4.78 is 23.0. The highest BCUT2D eigenvalue weighted by molar-refractivity contribution is 9.10. The maximum atomic E-state index is 12.3. The monoisotopic (exact) mass is 520 g/mol. The zero-order chi connectivity index (χ0) is 24.2. The fourth-order valence-electron chi connectivity index (χ4n) is 3.76. The minimum Gasteiger partial charge on any atom is -0.496 e. The van der Waals surface area contributed by atoms with Gasteiger partial charge in [-0.25, -0.2) is 4.79 Å². The van der Waals surface area contributed by atoms with E-state index >= 15 is 0 Å². The van der Waals surface area contributed by atoms with Crippen LogP contribution >= 0.6 is 15.9 Å². The number of ether oxygens (including phenoxy) is 4. The SMILES string of the molecule is COc1ccc(Br)cc1C1C(C#N)=C(N)Oc2cc(OC(=O)COc3cccc(C)c3)ccc21. The molecule has 1 aliphatic heterocycles. The van der Waals surface area contributed by atoms with Gasteiger partial charge in [-0.1, -0.05) is 34.1 Å². The summed E-state index contributed by atoms with van der Waals surface area (Å²) in [5, 5.41) is 9.79. The first-order valence-electron chi connectivity index (χ1n) is 10.3. The Bertz CT molecular complexity index is 1330. The van der Waals surface area contributed by atoms with E-state index in [-0.39, 0.29) is 23.8 Å². The Kier molecular flexibility index (Phi) is 6.75. The zero-order valence-corrected chi connectivity index (χ0v) is 20.1. The van der Waals surface area contributed by atoms with Crippen LogP contribution in [0.3, 0.4) is 0 Å². The van der Waals surface area contributed by atoms with Crippen LogP contribution in [0, 0.1) is 18.3 Å². The Labute approximate surface area is 205 Å². The summed E-state index contributed by atoms with van der Waals surface area (Å²) in [4.78, 5) is 12.3. The van der Waals surface area contributed by atoms with Crippen molar-refractivity contribution >= 4 is 21.9 Å². The van der Waals surface area contributed by atoms with E-state index in [0.717, 1.165) is 15.6 Å². The Morgan fingerprint density at radius 2 is 1.94 bits per heavy atom. The van der Waals surface area contributed by atoms with E-state index in [2.05, 4.69) is 22.0 Å². The van der Waals surface area contributed by atoms with E-state index in [9.17, 15) is 10.1 Å². The van der Waals surface area contributed by atoms with Crippen LogP contribution in [0.15, 0.2) is 76.6 Å². The molecule has 0 saturated heterocycles. The number of nitriles is 1. The molecule has 3 aromatic rings. The average Bonchev–Trinajstić information content (AvgIpc) is 2.82. The van der Waals surface area contributed by atoms with Crippen molar-refractivity contribution < 1.29 is 23.7 Å². The summed E-state index contributed by atoms with van der Waals surface area (Å²) in [5.74, 6) is 0.731. The predicted molar refractivity (Wildman–Crippen MR) is 129 cm³/mol. The van der Waals surface area contributed by atoms with Gasteiger partial charge >= 0.3 is 5.97 Å². The first-order chi connectivity index (χ1) is 16.4. The second-order valence-corrected chi connectivity index (χ2v) is 8.51. The molecular formula is C26H21BrN2O5. The molecule has 3 aromatic carbocycles. The third kappa shape index (κ3) is 4.85. The number of aryl methyl sites for hydroxylation is 1. The maximum Gasteiger partial charge on any atom is 0.349 e. The third-order valence-electron chi connectivity index (χ3n) is 5.27. The lowest BCUT2D eigenvalue weighted by Crippen LogP contribution is -2.22. The minimum atomic E-state index is -0.566. The van der Waals surface area contributed by atoms with Crippen molar-refractivity contribution in [2.24, 2.45) is 5.73 Å². The number of nitrogens with zero attached hydrogens (tertiary/aromatic N) is 1. The molecule has 8 heteroatoms. The number of esters is 1. The molecule has 172 valence electrons.